The molecule has 2 rings (SSSR count). The standard InChI is InChI=1S/C12H12FN3O2/c13-10-7-16(12(18)15-11(10)17)6-5-8-1-3-9(14)4-2-8/h1-4,7H,5-6,14H2,(H,15,17,18). The third-order valence-corrected chi connectivity index (χ3v) is 2.59. The minimum atomic E-state index is -0.997. The molecule has 0 bridgehead atoms. The molecule has 0 aliphatic heterocycles. The molecule has 0 spiro atoms. The van der Waals surface area contributed by atoms with Gasteiger partial charge in [0.2, 0.25) is 5.82 Å². The highest BCUT2D eigenvalue weighted by Gasteiger charge is 2.03. The van der Waals surface area contributed by atoms with Crippen LogP contribution in [0.25, 0.3) is 0 Å². The molecule has 0 aliphatic carbocycles. The molecule has 0 radical (unpaired) electrons. The van der Waals surface area contributed by atoms with Gasteiger partial charge in [-0.05, 0) is 24.1 Å². The largest absolute Gasteiger partial charge is 0.399 e. The first-order valence-corrected chi connectivity index (χ1v) is 5.40. The molecule has 3 N–H and O–H groups in total. The molecule has 0 unspecified atom stereocenters. The van der Waals surface area contributed by atoms with Crippen molar-refractivity contribution < 1.29 is 4.39 Å². The summed E-state index contributed by atoms with van der Waals surface area (Å²) < 4.78 is 14.1. The van der Waals surface area contributed by atoms with Crippen LogP contribution in [0.15, 0.2) is 40.1 Å². The lowest BCUT2D eigenvalue weighted by molar-refractivity contribution is 0.550. The lowest BCUT2D eigenvalue weighted by Crippen LogP contribution is -2.31. The Bertz CT molecular complexity index is 658. The summed E-state index contributed by atoms with van der Waals surface area (Å²) in [4.78, 5) is 24.1. The SMILES string of the molecule is Nc1ccc(CCn2cc(F)c(=O)[nH]c2=O)cc1. The van der Waals surface area contributed by atoms with Crippen LogP contribution in [-0.2, 0) is 13.0 Å². The molecule has 0 aliphatic rings. The number of nitrogen functional groups attached to an aromatic ring is 1. The van der Waals surface area contributed by atoms with Crippen molar-refractivity contribution in [2.24, 2.45) is 0 Å². The normalized spacial score (nSPS) is 10.5. The first-order valence-electron chi connectivity index (χ1n) is 5.40. The fourth-order valence-electron chi connectivity index (χ4n) is 1.58. The molecule has 6 heteroatoms. The minimum Gasteiger partial charge on any atom is -0.399 e. The van der Waals surface area contributed by atoms with Crippen molar-refractivity contribution in [3.05, 3.63) is 62.7 Å². The van der Waals surface area contributed by atoms with Crippen LogP contribution in [0.5, 0.6) is 0 Å². The predicted molar refractivity (Wildman–Crippen MR) is 65.8 cm³/mol. The number of aromatic nitrogens is 2. The Morgan fingerprint density at radius 1 is 1.22 bits per heavy atom. The van der Waals surface area contributed by atoms with Crippen molar-refractivity contribution in [1.82, 2.24) is 9.55 Å². The van der Waals surface area contributed by atoms with Gasteiger partial charge >= 0.3 is 5.69 Å². The van der Waals surface area contributed by atoms with E-state index in [0.29, 0.717) is 12.1 Å². The van der Waals surface area contributed by atoms with E-state index >= 15 is 0 Å². The van der Waals surface area contributed by atoms with Gasteiger partial charge in [-0.1, -0.05) is 12.1 Å². The zero-order valence-electron chi connectivity index (χ0n) is 9.52. The molecule has 0 amide bonds. The van der Waals surface area contributed by atoms with Crippen LogP contribution >= 0.6 is 0 Å². The molecule has 5 nitrogen and oxygen atoms in total. The Kier molecular flexibility index (Phi) is 3.27. The molecule has 0 saturated heterocycles. The van der Waals surface area contributed by atoms with E-state index in [-0.39, 0.29) is 6.54 Å². The average Bonchev–Trinajstić information content (AvgIpc) is 2.34. The number of H-pyrrole nitrogens is 1. The van der Waals surface area contributed by atoms with Crippen LogP contribution in [0, 0.1) is 5.82 Å². The fourth-order valence-corrected chi connectivity index (χ4v) is 1.58. The highest BCUT2D eigenvalue weighted by Crippen LogP contribution is 2.06. The van der Waals surface area contributed by atoms with Gasteiger partial charge in [-0.3, -0.25) is 14.3 Å². The van der Waals surface area contributed by atoms with E-state index in [1.54, 1.807) is 12.1 Å². The Hall–Kier alpha value is -2.37. The number of hydrogen-bond acceptors (Lipinski definition) is 3. The number of nitrogens with two attached hydrogens (primary N) is 1. The number of hydrogen-bond donors (Lipinski definition) is 2. The lowest BCUT2D eigenvalue weighted by atomic mass is 10.1. The number of halogens is 1. The van der Waals surface area contributed by atoms with Gasteiger partial charge in [-0.2, -0.15) is 4.39 Å². The fraction of sp³-hybridized carbons (Fsp3) is 0.167. The number of aromatic amines is 1. The molecule has 0 fully saturated rings. The number of rotatable bonds is 3. The van der Waals surface area contributed by atoms with E-state index in [1.807, 2.05) is 17.1 Å². The number of benzene rings is 1. The summed E-state index contributed by atoms with van der Waals surface area (Å²) in [5.41, 5.74) is 5.57. The van der Waals surface area contributed by atoms with Crippen LogP contribution in [0.1, 0.15) is 5.56 Å². The zero-order chi connectivity index (χ0) is 13.1. The summed E-state index contributed by atoms with van der Waals surface area (Å²) >= 11 is 0. The van der Waals surface area contributed by atoms with Gasteiger partial charge in [-0.15, -0.1) is 0 Å². The van der Waals surface area contributed by atoms with Crippen molar-refractivity contribution in [3.8, 4) is 0 Å². The Labute approximate surface area is 102 Å². The first-order chi connectivity index (χ1) is 8.56. The quantitative estimate of drug-likeness (QED) is 0.777. The van der Waals surface area contributed by atoms with Gasteiger partial charge in [-0.25, -0.2) is 4.79 Å². The van der Waals surface area contributed by atoms with E-state index in [2.05, 4.69) is 0 Å². The summed E-state index contributed by atoms with van der Waals surface area (Å²) in [6.45, 7) is 0.288. The maximum atomic E-state index is 13.0. The number of anilines is 1. The van der Waals surface area contributed by atoms with E-state index < -0.39 is 17.1 Å². The first kappa shape index (κ1) is 12.1. The highest BCUT2D eigenvalue weighted by molar-refractivity contribution is 5.39. The maximum absolute atomic E-state index is 13.0. The summed E-state index contributed by atoms with van der Waals surface area (Å²) in [5.74, 6) is -0.966. The van der Waals surface area contributed by atoms with E-state index in [1.165, 1.54) is 0 Å². The predicted octanol–water partition coefficient (Wildman–Crippen LogP) is 0.501. The zero-order valence-corrected chi connectivity index (χ0v) is 9.52. The number of nitrogens with zero attached hydrogens (tertiary/aromatic N) is 1. The second-order valence-electron chi connectivity index (χ2n) is 3.92. The van der Waals surface area contributed by atoms with Gasteiger partial charge in [0.1, 0.15) is 0 Å². The van der Waals surface area contributed by atoms with Crippen LogP contribution in [-0.4, -0.2) is 9.55 Å². The van der Waals surface area contributed by atoms with Gasteiger partial charge in [0.15, 0.2) is 0 Å². The summed E-state index contributed by atoms with van der Waals surface area (Å²) in [6, 6.07) is 7.18. The summed E-state index contributed by atoms with van der Waals surface area (Å²) in [6.07, 6.45) is 1.46. The number of nitrogens with one attached hydrogen (secondary N) is 1. The molecule has 0 saturated carbocycles. The molecule has 1 aromatic carbocycles. The third kappa shape index (κ3) is 2.65. The van der Waals surface area contributed by atoms with E-state index in [0.717, 1.165) is 16.3 Å². The van der Waals surface area contributed by atoms with Crippen LogP contribution in [0.4, 0.5) is 10.1 Å². The molecule has 2 aromatic rings. The molecule has 18 heavy (non-hydrogen) atoms. The average molecular weight is 249 g/mol. The molecule has 0 atom stereocenters. The minimum absolute atomic E-state index is 0.288. The maximum Gasteiger partial charge on any atom is 0.328 e. The van der Waals surface area contributed by atoms with Crippen molar-refractivity contribution in [2.45, 2.75) is 13.0 Å². The lowest BCUT2D eigenvalue weighted by Gasteiger charge is -2.05. The van der Waals surface area contributed by atoms with Crippen molar-refractivity contribution in [2.75, 3.05) is 5.73 Å². The Morgan fingerprint density at radius 3 is 2.56 bits per heavy atom. The summed E-state index contributed by atoms with van der Waals surface area (Å²) in [5, 5.41) is 0. The van der Waals surface area contributed by atoms with Crippen LogP contribution < -0.4 is 17.0 Å². The topological polar surface area (TPSA) is 80.9 Å². The Morgan fingerprint density at radius 2 is 1.89 bits per heavy atom. The van der Waals surface area contributed by atoms with Crippen molar-refractivity contribution in [1.29, 1.82) is 0 Å². The van der Waals surface area contributed by atoms with Crippen LogP contribution in [0.3, 0.4) is 0 Å². The molecule has 1 heterocycles. The van der Waals surface area contributed by atoms with Crippen molar-refractivity contribution >= 4 is 5.69 Å². The molecular formula is C12H12FN3O2. The Balaban J connectivity index is 2.15. The van der Waals surface area contributed by atoms with Gasteiger partial charge in [0, 0.05) is 12.2 Å². The second kappa shape index (κ2) is 4.87. The van der Waals surface area contributed by atoms with Gasteiger partial charge in [0.05, 0.1) is 6.20 Å². The highest BCUT2D eigenvalue weighted by atomic mass is 19.1. The van der Waals surface area contributed by atoms with Crippen LogP contribution in [0.2, 0.25) is 0 Å². The van der Waals surface area contributed by atoms with Gasteiger partial charge in [0.25, 0.3) is 5.56 Å². The smallest absolute Gasteiger partial charge is 0.328 e. The third-order valence-electron chi connectivity index (χ3n) is 2.59. The number of aryl methyl sites for hydroxylation is 2. The van der Waals surface area contributed by atoms with Crippen molar-refractivity contribution in [3.63, 3.8) is 0 Å². The molecule has 1 aromatic heterocycles. The molecular weight excluding hydrogens is 237 g/mol. The second-order valence-corrected chi connectivity index (χ2v) is 3.92. The monoisotopic (exact) mass is 249 g/mol. The molecule has 94 valence electrons. The van der Waals surface area contributed by atoms with Gasteiger partial charge < -0.3 is 5.73 Å². The van der Waals surface area contributed by atoms with E-state index in [9.17, 15) is 14.0 Å². The summed E-state index contributed by atoms with van der Waals surface area (Å²) in [7, 11) is 0. The van der Waals surface area contributed by atoms with E-state index in [4.69, 9.17) is 5.73 Å².